The van der Waals surface area contributed by atoms with Crippen LogP contribution in [-0.2, 0) is 4.79 Å². The van der Waals surface area contributed by atoms with E-state index >= 15 is 0 Å². The van der Waals surface area contributed by atoms with E-state index in [0.29, 0.717) is 10.9 Å². The minimum atomic E-state index is -0.0784. The van der Waals surface area contributed by atoms with E-state index in [0.717, 1.165) is 32.9 Å². The molecule has 124 valence electrons. The van der Waals surface area contributed by atoms with Crippen molar-refractivity contribution in [2.75, 3.05) is 18.2 Å². The smallest absolute Gasteiger partial charge is 0.236 e. The largest absolute Gasteiger partial charge is 0.497 e. The van der Waals surface area contributed by atoms with E-state index in [4.69, 9.17) is 4.74 Å². The number of carbonyl (C=O) groups is 1. The van der Waals surface area contributed by atoms with Crippen molar-refractivity contribution in [3.8, 4) is 5.75 Å². The molecule has 0 radical (unpaired) electrons. The molecular formula is C17H17N3O2S2. The van der Waals surface area contributed by atoms with Gasteiger partial charge in [0.15, 0.2) is 5.13 Å². The Balaban J connectivity index is 1.70. The molecule has 0 atom stereocenters. The van der Waals surface area contributed by atoms with Crippen molar-refractivity contribution in [3.63, 3.8) is 0 Å². The van der Waals surface area contributed by atoms with Gasteiger partial charge in [0.1, 0.15) is 10.8 Å². The van der Waals surface area contributed by atoms with Gasteiger partial charge in [0.05, 0.1) is 24.1 Å². The fourth-order valence-electron chi connectivity index (χ4n) is 2.22. The van der Waals surface area contributed by atoms with Gasteiger partial charge in [0, 0.05) is 10.8 Å². The Morgan fingerprint density at radius 1 is 1.29 bits per heavy atom. The van der Waals surface area contributed by atoms with Crippen LogP contribution in [0, 0.1) is 13.8 Å². The molecule has 0 aliphatic heterocycles. The van der Waals surface area contributed by atoms with Crippen LogP contribution in [0.3, 0.4) is 0 Å². The Morgan fingerprint density at radius 3 is 2.83 bits per heavy atom. The van der Waals surface area contributed by atoms with Crippen molar-refractivity contribution in [1.29, 1.82) is 0 Å². The van der Waals surface area contributed by atoms with E-state index < -0.39 is 0 Å². The summed E-state index contributed by atoms with van der Waals surface area (Å²) >= 11 is 2.86. The zero-order chi connectivity index (χ0) is 17.1. The molecule has 1 N–H and O–H groups in total. The monoisotopic (exact) mass is 359 g/mol. The van der Waals surface area contributed by atoms with Crippen LogP contribution in [0.1, 0.15) is 11.3 Å². The van der Waals surface area contributed by atoms with Crippen LogP contribution < -0.4 is 10.1 Å². The van der Waals surface area contributed by atoms with Gasteiger partial charge in [0.25, 0.3) is 0 Å². The number of methoxy groups -OCH3 is 1. The van der Waals surface area contributed by atoms with Crippen LogP contribution in [-0.4, -0.2) is 28.7 Å². The number of thiazole rings is 1. The fourth-order valence-corrected chi connectivity index (χ4v) is 3.71. The summed E-state index contributed by atoms with van der Waals surface area (Å²) in [6, 6.07) is 7.84. The van der Waals surface area contributed by atoms with Gasteiger partial charge in [-0.05, 0) is 43.7 Å². The molecule has 0 saturated heterocycles. The Labute approximate surface area is 148 Å². The zero-order valence-electron chi connectivity index (χ0n) is 13.6. The second-order valence-corrected chi connectivity index (χ2v) is 7.12. The van der Waals surface area contributed by atoms with Crippen LogP contribution in [0.5, 0.6) is 5.75 Å². The van der Waals surface area contributed by atoms with Crippen molar-refractivity contribution in [2.24, 2.45) is 0 Å². The highest BCUT2D eigenvalue weighted by atomic mass is 32.2. The fraction of sp³-hybridized carbons (Fsp3) is 0.235. The highest BCUT2D eigenvalue weighted by Crippen LogP contribution is 2.27. The lowest BCUT2D eigenvalue weighted by molar-refractivity contribution is -0.113. The molecule has 1 aromatic carbocycles. The maximum Gasteiger partial charge on any atom is 0.236 e. The Kier molecular flexibility index (Phi) is 5.01. The van der Waals surface area contributed by atoms with Gasteiger partial charge in [-0.2, -0.15) is 0 Å². The molecule has 7 heteroatoms. The number of aromatic nitrogens is 2. The van der Waals surface area contributed by atoms with Gasteiger partial charge in [-0.3, -0.25) is 4.79 Å². The number of anilines is 1. The van der Waals surface area contributed by atoms with Crippen LogP contribution in [0.4, 0.5) is 5.13 Å². The summed E-state index contributed by atoms with van der Waals surface area (Å²) in [7, 11) is 1.65. The lowest BCUT2D eigenvalue weighted by atomic mass is 10.1. The van der Waals surface area contributed by atoms with E-state index in [-0.39, 0.29) is 5.91 Å². The zero-order valence-corrected chi connectivity index (χ0v) is 15.3. The van der Waals surface area contributed by atoms with Crippen molar-refractivity contribution in [3.05, 3.63) is 40.9 Å². The summed E-state index contributed by atoms with van der Waals surface area (Å²) in [6.45, 7) is 3.90. The Morgan fingerprint density at radius 2 is 2.12 bits per heavy atom. The lowest BCUT2D eigenvalue weighted by Gasteiger charge is -2.08. The standard InChI is InChI=1S/C17H17N3O2S2/c1-10-6-12-7-13(22-3)4-5-14(12)19-16(10)23-9-15(21)20-17-18-11(2)8-24-17/h4-8H,9H2,1-3H3,(H,18,20,21). The van der Waals surface area contributed by atoms with Crippen molar-refractivity contribution >= 4 is 45.0 Å². The summed E-state index contributed by atoms with van der Waals surface area (Å²) in [5, 5.41) is 7.24. The highest BCUT2D eigenvalue weighted by Gasteiger charge is 2.10. The third kappa shape index (κ3) is 3.85. The van der Waals surface area contributed by atoms with E-state index in [9.17, 15) is 4.79 Å². The minimum Gasteiger partial charge on any atom is -0.497 e. The van der Waals surface area contributed by atoms with Gasteiger partial charge in [0.2, 0.25) is 5.91 Å². The molecule has 0 saturated carbocycles. The highest BCUT2D eigenvalue weighted by molar-refractivity contribution is 8.00. The average Bonchev–Trinajstić information content (AvgIpc) is 2.97. The molecule has 0 aliphatic carbocycles. The topological polar surface area (TPSA) is 64.1 Å². The predicted molar refractivity (Wildman–Crippen MR) is 99.2 cm³/mol. The SMILES string of the molecule is COc1ccc2nc(SCC(=O)Nc3nc(C)cs3)c(C)cc2c1. The van der Waals surface area contributed by atoms with Gasteiger partial charge >= 0.3 is 0 Å². The number of hydrogen-bond donors (Lipinski definition) is 1. The first-order valence-electron chi connectivity index (χ1n) is 7.35. The molecule has 0 aliphatic rings. The van der Waals surface area contributed by atoms with Crippen molar-refractivity contribution in [1.82, 2.24) is 9.97 Å². The average molecular weight is 359 g/mol. The summed E-state index contributed by atoms with van der Waals surface area (Å²) in [4.78, 5) is 20.9. The third-order valence-electron chi connectivity index (χ3n) is 3.37. The molecule has 2 aromatic heterocycles. The van der Waals surface area contributed by atoms with Gasteiger partial charge in [-0.15, -0.1) is 11.3 Å². The number of aryl methyl sites for hydroxylation is 2. The molecule has 24 heavy (non-hydrogen) atoms. The number of rotatable bonds is 5. The summed E-state index contributed by atoms with van der Waals surface area (Å²) in [5.74, 6) is 1.03. The molecule has 3 rings (SSSR count). The molecule has 0 unspecified atom stereocenters. The molecule has 3 aromatic rings. The third-order valence-corrected chi connectivity index (χ3v) is 5.34. The second-order valence-electron chi connectivity index (χ2n) is 5.30. The number of fused-ring (bicyclic) bond motifs is 1. The molecule has 0 fully saturated rings. The van der Waals surface area contributed by atoms with Gasteiger partial charge < -0.3 is 10.1 Å². The number of ether oxygens (including phenoxy) is 1. The number of pyridine rings is 1. The van der Waals surface area contributed by atoms with E-state index in [1.165, 1.54) is 23.1 Å². The number of nitrogens with one attached hydrogen (secondary N) is 1. The predicted octanol–water partition coefficient (Wildman–Crippen LogP) is 4.05. The van der Waals surface area contributed by atoms with Crippen molar-refractivity contribution in [2.45, 2.75) is 18.9 Å². The number of benzene rings is 1. The first-order valence-corrected chi connectivity index (χ1v) is 9.22. The first kappa shape index (κ1) is 16.7. The summed E-state index contributed by atoms with van der Waals surface area (Å²) in [6.07, 6.45) is 0. The summed E-state index contributed by atoms with van der Waals surface area (Å²) < 4.78 is 5.24. The summed E-state index contributed by atoms with van der Waals surface area (Å²) in [5.41, 5.74) is 2.84. The number of carbonyl (C=O) groups excluding carboxylic acids is 1. The molecule has 0 spiro atoms. The molecule has 1 amide bonds. The van der Waals surface area contributed by atoms with Crippen LogP contribution in [0.15, 0.2) is 34.7 Å². The van der Waals surface area contributed by atoms with E-state index in [1.54, 1.807) is 7.11 Å². The number of nitrogens with zero attached hydrogens (tertiary/aromatic N) is 2. The maximum atomic E-state index is 12.0. The molecular weight excluding hydrogens is 342 g/mol. The maximum absolute atomic E-state index is 12.0. The minimum absolute atomic E-state index is 0.0784. The van der Waals surface area contributed by atoms with E-state index in [1.807, 2.05) is 37.4 Å². The quantitative estimate of drug-likeness (QED) is 0.696. The van der Waals surface area contributed by atoms with Gasteiger partial charge in [-0.1, -0.05) is 11.8 Å². The Bertz CT molecular complexity index is 893. The number of thioether (sulfide) groups is 1. The number of hydrogen-bond acceptors (Lipinski definition) is 6. The van der Waals surface area contributed by atoms with Crippen LogP contribution >= 0.6 is 23.1 Å². The normalized spacial score (nSPS) is 10.8. The Hall–Kier alpha value is -2.12. The first-order chi connectivity index (χ1) is 11.5. The van der Waals surface area contributed by atoms with Crippen LogP contribution in [0.25, 0.3) is 10.9 Å². The molecule has 2 heterocycles. The molecule has 0 bridgehead atoms. The van der Waals surface area contributed by atoms with Crippen molar-refractivity contribution < 1.29 is 9.53 Å². The van der Waals surface area contributed by atoms with E-state index in [2.05, 4.69) is 21.4 Å². The number of amides is 1. The lowest BCUT2D eigenvalue weighted by Crippen LogP contribution is -2.14. The second kappa shape index (κ2) is 7.19. The van der Waals surface area contributed by atoms with Crippen LogP contribution in [0.2, 0.25) is 0 Å². The van der Waals surface area contributed by atoms with Gasteiger partial charge in [-0.25, -0.2) is 9.97 Å². The molecule has 5 nitrogen and oxygen atoms in total.